The van der Waals surface area contributed by atoms with Crippen LogP contribution in [0.5, 0.6) is 11.5 Å². The molecule has 32 heavy (non-hydrogen) atoms. The summed E-state index contributed by atoms with van der Waals surface area (Å²) in [5, 5.41) is 10.2. The van der Waals surface area contributed by atoms with E-state index in [0.29, 0.717) is 36.4 Å². The second kappa shape index (κ2) is 8.77. The van der Waals surface area contributed by atoms with Gasteiger partial charge in [-0.15, -0.1) is 0 Å². The standard InChI is InChI=1S/C25H27Cl2NO4/c26-20-3-1-2-17(16-4-5-16)18(20)14-31-21-7-6-19-24(23(21)27)32-15-25(19)9-12-28(13-10-25)11-8-22(29)30/h1-3,6-7,16H,4-5,8-15H2,(H,29,30). The van der Waals surface area contributed by atoms with Crippen molar-refractivity contribution in [1.29, 1.82) is 0 Å². The molecule has 5 rings (SSSR count). The first-order valence-corrected chi connectivity index (χ1v) is 12.0. The molecule has 1 spiro atoms. The summed E-state index contributed by atoms with van der Waals surface area (Å²) in [5.41, 5.74) is 3.40. The molecule has 0 radical (unpaired) electrons. The third-order valence-corrected chi connectivity index (χ3v) is 7.84. The van der Waals surface area contributed by atoms with Gasteiger partial charge < -0.3 is 19.5 Å². The lowest BCUT2D eigenvalue weighted by atomic mass is 9.74. The maximum atomic E-state index is 10.9. The van der Waals surface area contributed by atoms with Crippen LogP contribution in [-0.2, 0) is 16.8 Å². The number of hydrogen-bond donors (Lipinski definition) is 1. The van der Waals surface area contributed by atoms with Crippen molar-refractivity contribution in [3.63, 3.8) is 0 Å². The fraction of sp³-hybridized carbons (Fsp3) is 0.480. The first kappa shape index (κ1) is 21.9. The Bertz CT molecular complexity index is 1030. The molecule has 0 unspecified atom stereocenters. The van der Waals surface area contributed by atoms with Crippen LogP contribution in [0.15, 0.2) is 30.3 Å². The number of halogens is 2. The zero-order valence-electron chi connectivity index (χ0n) is 17.9. The maximum absolute atomic E-state index is 10.9. The summed E-state index contributed by atoms with van der Waals surface area (Å²) in [6.45, 7) is 3.31. The van der Waals surface area contributed by atoms with Crippen LogP contribution in [0.1, 0.15) is 54.7 Å². The predicted octanol–water partition coefficient (Wildman–Crippen LogP) is 5.65. The third kappa shape index (κ3) is 4.18. The molecule has 1 saturated heterocycles. The highest BCUT2D eigenvalue weighted by molar-refractivity contribution is 6.33. The van der Waals surface area contributed by atoms with Crippen molar-refractivity contribution in [3.05, 3.63) is 57.1 Å². The Morgan fingerprint density at radius 3 is 2.69 bits per heavy atom. The Morgan fingerprint density at radius 2 is 1.97 bits per heavy atom. The molecule has 0 atom stereocenters. The second-order valence-electron chi connectivity index (χ2n) is 9.18. The monoisotopic (exact) mass is 475 g/mol. The lowest BCUT2D eigenvalue weighted by molar-refractivity contribution is -0.137. The van der Waals surface area contributed by atoms with E-state index >= 15 is 0 Å². The van der Waals surface area contributed by atoms with Crippen molar-refractivity contribution in [2.75, 3.05) is 26.2 Å². The molecule has 3 aliphatic rings. The van der Waals surface area contributed by atoms with Gasteiger partial charge in [0.05, 0.1) is 13.0 Å². The average molecular weight is 476 g/mol. The Morgan fingerprint density at radius 1 is 1.19 bits per heavy atom. The number of ether oxygens (including phenoxy) is 2. The fourth-order valence-electron chi connectivity index (χ4n) is 5.02. The van der Waals surface area contributed by atoms with E-state index in [4.69, 9.17) is 37.8 Å². The van der Waals surface area contributed by atoms with Crippen LogP contribution >= 0.6 is 23.2 Å². The summed E-state index contributed by atoms with van der Waals surface area (Å²) < 4.78 is 12.2. The number of rotatable bonds is 7. The SMILES string of the molecule is O=C(O)CCN1CCC2(CC1)COc1c2ccc(OCc2c(Cl)cccc2C2CC2)c1Cl. The Labute approximate surface area is 198 Å². The van der Waals surface area contributed by atoms with E-state index in [1.807, 2.05) is 18.2 Å². The molecule has 170 valence electrons. The Kier molecular flexibility index (Phi) is 5.99. The van der Waals surface area contributed by atoms with Gasteiger partial charge in [0.1, 0.15) is 23.1 Å². The van der Waals surface area contributed by atoms with Crippen molar-refractivity contribution >= 4 is 29.2 Å². The van der Waals surface area contributed by atoms with Crippen molar-refractivity contribution in [3.8, 4) is 11.5 Å². The van der Waals surface area contributed by atoms with E-state index in [9.17, 15) is 4.79 Å². The lowest BCUT2D eigenvalue weighted by Gasteiger charge is -2.38. The number of aliphatic carboxylic acids is 1. The molecule has 1 aliphatic carbocycles. The van der Waals surface area contributed by atoms with Gasteiger partial charge in [0.25, 0.3) is 0 Å². The van der Waals surface area contributed by atoms with E-state index in [1.165, 1.54) is 18.4 Å². The van der Waals surface area contributed by atoms with E-state index in [0.717, 1.165) is 47.8 Å². The van der Waals surface area contributed by atoms with Crippen LogP contribution in [-0.4, -0.2) is 42.2 Å². The topological polar surface area (TPSA) is 59.0 Å². The molecule has 2 aliphatic heterocycles. The summed E-state index contributed by atoms with van der Waals surface area (Å²) in [4.78, 5) is 13.1. The smallest absolute Gasteiger partial charge is 0.304 e. The van der Waals surface area contributed by atoms with Crippen LogP contribution in [0.3, 0.4) is 0 Å². The number of piperidine rings is 1. The number of carboxylic acids is 1. The van der Waals surface area contributed by atoms with Gasteiger partial charge in [0, 0.05) is 28.1 Å². The number of hydrogen-bond acceptors (Lipinski definition) is 4. The van der Waals surface area contributed by atoms with Gasteiger partial charge in [0.2, 0.25) is 0 Å². The lowest BCUT2D eigenvalue weighted by Crippen LogP contribution is -2.44. The van der Waals surface area contributed by atoms with Gasteiger partial charge in [-0.1, -0.05) is 41.4 Å². The second-order valence-corrected chi connectivity index (χ2v) is 9.96. The quantitative estimate of drug-likeness (QED) is 0.560. The predicted molar refractivity (Wildman–Crippen MR) is 124 cm³/mol. The molecular formula is C25H27Cl2NO4. The van der Waals surface area contributed by atoms with Crippen molar-refractivity contribution < 1.29 is 19.4 Å². The number of benzene rings is 2. The van der Waals surface area contributed by atoms with E-state index in [1.54, 1.807) is 0 Å². The van der Waals surface area contributed by atoms with Gasteiger partial charge in [-0.2, -0.15) is 0 Å². The zero-order valence-corrected chi connectivity index (χ0v) is 19.4. The molecule has 0 bridgehead atoms. The molecule has 2 fully saturated rings. The van der Waals surface area contributed by atoms with Crippen LogP contribution in [0, 0.1) is 0 Å². The van der Waals surface area contributed by atoms with Gasteiger partial charge in [-0.3, -0.25) is 4.79 Å². The largest absolute Gasteiger partial charge is 0.491 e. The van der Waals surface area contributed by atoms with Crippen LogP contribution in [0.4, 0.5) is 0 Å². The first-order chi connectivity index (χ1) is 15.5. The summed E-state index contributed by atoms with van der Waals surface area (Å²) in [5.74, 6) is 1.18. The Hall–Kier alpha value is -1.95. The average Bonchev–Trinajstić information content (AvgIpc) is 3.57. The molecule has 2 heterocycles. The molecular weight excluding hydrogens is 449 g/mol. The molecule has 5 nitrogen and oxygen atoms in total. The van der Waals surface area contributed by atoms with Crippen molar-refractivity contribution in [1.82, 2.24) is 4.90 Å². The number of nitrogens with zero attached hydrogens (tertiary/aromatic N) is 1. The summed E-state index contributed by atoms with van der Waals surface area (Å²) >= 11 is 13.2. The van der Waals surface area contributed by atoms with Crippen LogP contribution in [0.2, 0.25) is 10.0 Å². The highest BCUT2D eigenvalue weighted by atomic mass is 35.5. The van der Waals surface area contributed by atoms with Crippen molar-refractivity contribution in [2.45, 2.75) is 50.0 Å². The summed E-state index contributed by atoms with van der Waals surface area (Å²) in [6, 6.07) is 10.1. The van der Waals surface area contributed by atoms with Gasteiger partial charge in [-0.05, 0) is 62.4 Å². The number of carboxylic acid groups (broad SMARTS) is 1. The van der Waals surface area contributed by atoms with Crippen LogP contribution < -0.4 is 9.47 Å². The highest BCUT2D eigenvalue weighted by Gasteiger charge is 2.44. The molecule has 1 saturated carbocycles. The van der Waals surface area contributed by atoms with Crippen LogP contribution in [0.25, 0.3) is 0 Å². The molecule has 0 amide bonds. The third-order valence-electron chi connectivity index (χ3n) is 7.13. The minimum Gasteiger partial charge on any atom is -0.491 e. The molecule has 1 N–H and O–H groups in total. The maximum Gasteiger partial charge on any atom is 0.304 e. The van der Waals surface area contributed by atoms with Crippen molar-refractivity contribution in [2.24, 2.45) is 0 Å². The van der Waals surface area contributed by atoms with Gasteiger partial charge >= 0.3 is 5.97 Å². The number of fused-ring (bicyclic) bond motifs is 2. The van der Waals surface area contributed by atoms with E-state index < -0.39 is 5.97 Å². The minimum atomic E-state index is -0.750. The zero-order chi connectivity index (χ0) is 22.3. The van der Waals surface area contributed by atoms with E-state index in [-0.39, 0.29) is 11.8 Å². The summed E-state index contributed by atoms with van der Waals surface area (Å²) in [7, 11) is 0. The van der Waals surface area contributed by atoms with E-state index in [2.05, 4.69) is 17.0 Å². The molecule has 0 aromatic heterocycles. The highest BCUT2D eigenvalue weighted by Crippen LogP contribution is 2.51. The first-order valence-electron chi connectivity index (χ1n) is 11.3. The minimum absolute atomic E-state index is 0.0564. The fourth-order valence-corrected chi connectivity index (χ4v) is 5.53. The van der Waals surface area contributed by atoms with Gasteiger partial charge in [-0.25, -0.2) is 0 Å². The molecule has 7 heteroatoms. The number of likely N-dealkylation sites (tertiary alicyclic amines) is 1. The molecule has 2 aromatic carbocycles. The van der Waals surface area contributed by atoms with Gasteiger partial charge in [0.15, 0.2) is 0 Å². The summed E-state index contributed by atoms with van der Waals surface area (Å²) in [6.07, 6.45) is 4.45. The molecule has 2 aromatic rings. The number of carbonyl (C=O) groups is 1. The Balaban J connectivity index is 1.29. The normalized spacial score (nSPS) is 19.6.